The van der Waals surface area contributed by atoms with Gasteiger partial charge in [-0.15, -0.1) is 11.8 Å². The van der Waals surface area contributed by atoms with Crippen molar-refractivity contribution in [3.8, 4) is 5.75 Å². The largest absolute Gasteiger partial charge is 0.493 e. The maximum Gasteiger partial charge on any atom is 0.238 e. The molecule has 4 nitrogen and oxygen atoms in total. The number of rotatable bonds is 6. The van der Waals surface area contributed by atoms with Crippen LogP contribution in [0.4, 0.5) is 0 Å². The van der Waals surface area contributed by atoms with E-state index >= 15 is 0 Å². The minimum Gasteiger partial charge on any atom is -0.493 e. The summed E-state index contributed by atoms with van der Waals surface area (Å²) in [6, 6.07) is 12.5. The molecule has 22 heavy (non-hydrogen) atoms. The number of hydrogen-bond donors (Lipinski definition) is 1. The molecule has 2 N–H and O–H groups in total. The van der Waals surface area contributed by atoms with Gasteiger partial charge >= 0.3 is 0 Å². The van der Waals surface area contributed by atoms with Gasteiger partial charge in [-0.1, -0.05) is 17.7 Å². The molecular weight excluding hydrogens is 318 g/mol. The Morgan fingerprint density at radius 3 is 2.36 bits per heavy atom. The fourth-order valence-electron chi connectivity index (χ4n) is 2.00. The van der Waals surface area contributed by atoms with E-state index in [0.29, 0.717) is 12.4 Å². The molecule has 2 aromatic carbocycles. The molecule has 118 valence electrons. The number of ether oxygens (including phenoxy) is 1. The van der Waals surface area contributed by atoms with Crippen LogP contribution in [-0.4, -0.2) is 20.8 Å². The molecule has 0 aromatic heterocycles. The minimum absolute atomic E-state index is 0.0875. The number of nitrogens with two attached hydrogens (primary N) is 1. The standard InChI is InChI=1S/C16H19NO3S2/c1-12-3-8-16(13(2)11-12)21-10-9-20-14-4-6-15(7-5-14)22(17,18)19/h3-8,11H,9-10H2,1-2H3,(H2,17,18,19). The van der Waals surface area contributed by atoms with Crippen LogP contribution in [0.5, 0.6) is 5.75 Å². The topological polar surface area (TPSA) is 69.4 Å². The molecule has 0 bridgehead atoms. The Morgan fingerprint density at radius 2 is 1.77 bits per heavy atom. The molecule has 2 rings (SSSR count). The summed E-state index contributed by atoms with van der Waals surface area (Å²) in [7, 11) is -3.65. The third-order valence-corrected chi connectivity index (χ3v) is 5.16. The molecule has 0 amide bonds. The van der Waals surface area contributed by atoms with Gasteiger partial charge in [0.2, 0.25) is 10.0 Å². The quantitative estimate of drug-likeness (QED) is 0.649. The number of primary sulfonamides is 1. The van der Waals surface area contributed by atoms with E-state index in [1.807, 2.05) is 0 Å². The zero-order valence-electron chi connectivity index (χ0n) is 12.6. The van der Waals surface area contributed by atoms with Crippen molar-refractivity contribution in [2.45, 2.75) is 23.6 Å². The highest BCUT2D eigenvalue weighted by Crippen LogP contribution is 2.23. The van der Waals surface area contributed by atoms with Gasteiger partial charge < -0.3 is 4.74 Å². The lowest BCUT2D eigenvalue weighted by Crippen LogP contribution is -2.11. The van der Waals surface area contributed by atoms with Crippen molar-refractivity contribution < 1.29 is 13.2 Å². The van der Waals surface area contributed by atoms with Crippen LogP contribution in [0.2, 0.25) is 0 Å². The van der Waals surface area contributed by atoms with Crippen LogP contribution in [0.15, 0.2) is 52.3 Å². The van der Waals surface area contributed by atoms with E-state index in [9.17, 15) is 8.42 Å². The van der Waals surface area contributed by atoms with Crippen LogP contribution >= 0.6 is 11.8 Å². The van der Waals surface area contributed by atoms with Crippen molar-refractivity contribution in [1.29, 1.82) is 0 Å². The van der Waals surface area contributed by atoms with E-state index in [0.717, 1.165) is 5.75 Å². The highest BCUT2D eigenvalue weighted by Gasteiger charge is 2.07. The summed E-state index contributed by atoms with van der Waals surface area (Å²) in [6.07, 6.45) is 0. The lowest BCUT2D eigenvalue weighted by molar-refractivity contribution is 0.343. The third kappa shape index (κ3) is 4.76. The number of hydrogen-bond acceptors (Lipinski definition) is 4. The second kappa shape index (κ2) is 7.17. The summed E-state index contributed by atoms with van der Waals surface area (Å²) < 4.78 is 27.9. The van der Waals surface area contributed by atoms with Gasteiger partial charge in [0.15, 0.2) is 0 Å². The first-order valence-corrected chi connectivity index (χ1v) is 9.35. The van der Waals surface area contributed by atoms with Gasteiger partial charge in [0, 0.05) is 10.6 Å². The number of benzene rings is 2. The average Bonchev–Trinajstić information content (AvgIpc) is 2.45. The molecule has 0 atom stereocenters. The Morgan fingerprint density at radius 1 is 1.09 bits per heavy atom. The Labute approximate surface area is 135 Å². The molecular formula is C16H19NO3S2. The van der Waals surface area contributed by atoms with Crippen LogP contribution < -0.4 is 9.88 Å². The molecule has 0 saturated heterocycles. The van der Waals surface area contributed by atoms with Crippen molar-refractivity contribution in [2.75, 3.05) is 12.4 Å². The molecule has 2 aromatic rings. The second-order valence-electron chi connectivity index (χ2n) is 4.98. The zero-order chi connectivity index (χ0) is 16.2. The highest BCUT2D eigenvalue weighted by atomic mass is 32.2. The van der Waals surface area contributed by atoms with Crippen molar-refractivity contribution in [1.82, 2.24) is 0 Å². The monoisotopic (exact) mass is 337 g/mol. The molecule has 0 spiro atoms. The average molecular weight is 337 g/mol. The highest BCUT2D eigenvalue weighted by molar-refractivity contribution is 7.99. The summed E-state index contributed by atoms with van der Waals surface area (Å²) >= 11 is 1.74. The van der Waals surface area contributed by atoms with Crippen LogP contribution in [0, 0.1) is 13.8 Å². The van der Waals surface area contributed by atoms with E-state index in [1.54, 1.807) is 23.9 Å². The smallest absolute Gasteiger partial charge is 0.238 e. The van der Waals surface area contributed by atoms with Crippen molar-refractivity contribution in [3.05, 3.63) is 53.6 Å². The summed E-state index contributed by atoms with van der Waals surface area (Å²) in [5.41, 5.74) is 2.52. The van der Waals surface area contributed by atoms with Crippen LogP contribution in [0.3, 0.4) is 0 Å². The van der Waals surface area contributed by atoms with Crippen LogP contribution in [-0.2, 0) is 10.0 Å². The van der Waals surface area contributed by atoms with E-state index < -0.39 is 10.0 Å². The Balaban J connectivity index is 1.84. The predicted octanol–water partition coefficient (Wildman–Crippen LogP) is 3.12. The Hall–Kier alpha value is -1.50. The Bertz CT molecular complexity index is 740. The first kappa shape index (κ1) is 16.9. The second-order valence-corrected chi connectivity index (χ2v) is 7.68. The molecule has 0 fully saturated rings. The van der Waals surface area contributed by atoms with Gasteiger partial charge in [0.05, 0.1) is 11.5 Å². The van der Waals surface area contributed by atoms with Gasteiger partial charge in [-0.3, -0.25) is 0 Å². The molecule has 0 aliphatic carbocycles. The van der Waals surface area contributed by atoms with Crippen molar-refractivity contribution >= 4 is 21.8 Å². The number of sulfonamides is 1. The molecule has 0 aliphatic rings. The fraction of sp³-hybridized carbons (Fsp3) is 0.250. The van der Waals surface area contributed by atoms with Gasteiger partial charge in [-0.25, -0.2) is 13.6 Å². The summed E-state index contributed by atoms with van der Waals surface area (Å²) in [6.45, 7) is 4.73. The summed E-state index contributed by atoms with van der Waals surface area (Å²) in [4.78, 5) is 1.34. The molecule has 0 radical (unpaired) electrons. The van der Waals surface area contributed by atoms with Gasteiger partial charge in [-0.2, -0.15) is 0 Å². The first-order chi connectivity index (χ1) is 10.4. The summed E-state index contributed by atoms with van der Waals surface area (Å²) in [5, 5.41) is 5.05. The van der Waals surface area contributed by atoms with Crippen molar-refractivity contribution in [2.24, 2.45) is 5.14 Å². The van der Waals surface area contributed by atoms with Crippen molar-refractivity contribution in [3.63, 3.8) is 0 Å². The lowest BCUT2D eigenvalue weighted by Gasteiger charge is -2.08. The van der Waals surface area contributed by atoms with E-state index in [2.05, 4.69) is 32.0 Å². The molecule has 0 heterocycles. The normalized spacial score (nSPS) is 11.4. The number of aryl methyl sites for hydroxylation is 2. The molecule has 0 aliphatic heterocycles. The maximum atomic E-state index is 11.2. The molecule has 0 saturated carbocycles. The lowest BCUT2D eigenvalue weighted by atomic mass is 10.2. The third-order valence-electron chi connectivity index (χ3n) is 3.09. The van der Waals surface area contributed by atoms with Gasteiger partial charge in [0.1, 0.15) is 5.75 Å². The minimum atomic E-state index is -3.65. The maximum absolute atomic E-state index is 11.2. The first-order valence-electron chi connectivity index (χ1n) is 6.82. The Kier molecular flexibility index (Phi) is 5.50. The fourth-order valence-corrected chi connectivity index (χ4v) is 3.35. The SMILES string of the molecule is Cc1ccc(SCCOc2ccc(S(N)(=O)=O)cc2)c(C)c1. The zero-order valence-corrected chi connectivity index (χ0v) is 14.2. The predicted molar refractivity (Wildman–Crippen MR) is 90.0 cm³/mol. The van der Waals surface area contributed by atoms with Crippen LogP contribution in [0.25, 0.3) is 0 Å². The van der Waals surface area contributed by atoms with Gasteiger partial charge in [0.25, 0.3) is 0 Å². The summed E-state index contributed by atoms with van der Waals surface area (Å²) in [5.74, 6) is 1.45. The van der Waals surface area contributed by atoms with E-state index in [-0.39, 0.29) is 4.90 Å². The van der Waals surface area contributed by atoms with E-state index in [4.69, 9.17) is 9.88 Å². The van der Waals surface area contributed by atoms with Crippen LogP contribution in [0.1, 0.15) is 11.1 Å². The number of thioether (sulfide) groups is 1. The van der Waals surface area contributed by atoms with Gasteiger partial charge in [-0.05, 0) is 49.7 Å². The van der Waals surface area contributed by atoms with E-state index in [1.165, 1.54) is 28.2 Å². The molecule has 6 heteroatoms. The molecule has 0 unspecified atom stereocenters.